The van der Waals surface area contributed by atoms with Crippen molar-refractivity contribution >= 4 is 11.2 Å². The van der Waals surface area contributed by atoms with Crippen molar-refractivity contribution in [3.8, 4) is 0 Å². The summed E-state index contributed by atoms with van der Waals surface area (Å²) in [6.45, 7) is 3.32. The second-order valence-electron chi connectivity index (χ2n) is 3.75. The maximum atomic E-state index is 12.8. The Labute approximate surface area is 107 Å². The van der Waals surface area contributed by atoms with Gasteiger partial charge < -0.3 is 4.57 Å². The molecule has 0 radical (unpaired) electrons. The summed E-state index contributed by atoms with van der Waals surface area (Å²) in [6, 6.07) is 0. The Hall–Kier alpha value is -2.13. The Morgan fingerprint density at radius 2 is 1.75 bits per heavy atom. The van der Waals surface area contributed by atoms with Crippen LogP contribution in [-0.4, -0.2) is 19.5 Å². The number of allylic oxidation sites excluding steroid dienone is 1. The van der Waals surface area contributed by atoms with Crippen LogP contribution in [0.3, 0.4) is 0 Å². The number of hydrogen-bond acceptors (Lipinski definition) is 3. The van der Waals surface area contributed by atoms with Crippen molar-refractivity contribution in [2.24, 2.45) is 0 Å². The monoisotopic (exact) mass is 296 g/mol. The van der Waals surface area contributed by atoms with Crippen LogP contribution in [0.5, 0.6) is 0 Å². The largest absolute Gasteiger partial charge is 0.451 e. The molecule has 0 saturated heterocycles. The highest BCUT2D eigenvalue weighted by Gasteiger charge is 2.42. The van der Waals surface area contributed by atoms with Crippen LogP contribution < -0.4 is 0 Å². The molecule has 2 aromatic rings. The van der Waals surface area contributed by atoms with E-state index in [2.05, 4.69) is 21.5 Å². The Bertz CT molecular complexity index is 654. The van der Waals surface area contributed by atoms with E-state index in [0.717, 1.165) is 10.9 Å². The molecule has 108 valence electrons. The molecule has 10 heteroatoms. The second-order valence-corrected chi connectivity index (χ2v) is 3.75. The predicted octanol–water partition coefficient (Wildman–Crippen LogP) is 3.05. The summed E-state index contributed by atoms with van der Waals surface area (Å²) >= 11 is 0. The van der Waals surface area contributed by atoms with Crippen molar-refractivity contribution in [1.29, 1.82) is 0 Å². The van der Waals surface area contributed by atoms with Gasteiger partial charge in [0.25, 0.3) is 0 Å². The Balaban J connectivity index is 2.80. The minimum atomic E-state index is -5.09. The van der Waals surface area contributed by atoms with Gasteiger partial charge in [-0.3, -0.25) is 0 Å². The summed E-state index contributed by atoms with van der Waals surface area (Å²) in [6.07, 6.45) is -7.90. The standard InChI is InChI=1S/C10H6F6N4/c1-2-3-20-4-17-5-6(9(11,12)13)18-8(10(14,15)16)19-7(5)20/h2,4H,1,3H2. The van der Waals surface area contributed by atoms with E-state index < -0.39 is 35.0 Å². The molecule has 2 aromatic heterocycles. The van der Waals surface area contributed by atoms with Gasteiger partial charge in [0.2, 0.25) is 5.82 Å². The van der Waals surface area contributed by atoms with Crippen molar-refractivity contribution in [1.82, 2.24) is 19.5 Å². The van der Waals surface area contributed by atoms with Gasteiger partial charge in [0.15, 0.2) is 11.3 Å². The molecule has 0 bridgehead atoms. The Morgan fingerprint density at radius 3 is 2.25 bits per heavy atom. The van der Waals surface area contributed by atoms with Crippen molar-refractivity contribution in [2.75, 3.05) is 0 Å². The van der Waals surface area contributed by atoms with Gasteiger partial charge in [-0.15, -0.1) is 6.58 Å². The summed E-state index contributed by atoms with van der Waals surface area (Å²) in [4.78, 5) is 9.10. The van der Waals surface area contributed by atoms with Crippen LogP contribution >= 0.6 is 0 Å². The molecule has 0 amide bonds. The van der Waals surface area contributed by atoms with E-state index in [1.165, 1.54) is 6.08 Å². The summed E-state index contributed by atoms with van der Waals surface area (Å²) < 4.78 is 77.0. The maximum absolute atomic E-state index is 12.8. The van der Waals surface area contributed by atoms with Crippen LogP contribution in [0, 0.1) is 0 Å². The van der Waals surface area contributed by atoms with Crippen LogP contribution in [0.4, 0.5) is 26.3 Å². The van der Waals surface area contributed by atoms with Gasteiger partial charge in [-0.1, -0.05) is 6.08 Å². The summed E-state index contributed by atoms with van der Waals surface area (Å²) in [5.41, 5.74) is -2.98. The first-order valence-electron chi connectivity index (χ1n) is 5.12. The van der Waals surface area contributed by atoms with E-state index in [1.807, 2.05) is 0 Å². The molecular weight excluding hydrogens is 290 g/mol. The van der Waals surface area contributed by atoms with Crippen LogP contribution in [0.2, 0.25) is 0 Å². The third kappa shape index (κ3) is 2.45. The van der Waals surface area contributed by atoms with Crippen LogP contribution in [0.15, 0.2) is 19.0 Å². The number of fused-ring (bicyclic) bond motifs is 1. The lowest BCUT2D eigenvalue weighted by Crippen LogP contribution is -2.18. The van der Waals surface area contributed by atoms with E-state index in [0.29, 0.717) is 0 Å². The third-order valence-electron chi connectivity index (χ3n) is 2.31. The number of rotatable bonds is 2. The smallest absolute Gasteiger partial charge is 0.311 e. The van der Waals surface area contributed by atoms with Crippen molar-refractivity contribution < 1.29 is 26.3 Å². The second kappa shape index (κ2) is 4.46. The number of alkyl halides is 6. The summed E-state index contributed by atoms with van der Waals surface area (Å²) in [5, 5.41) is 0. The molecule has 0 fully saturated rings. The molecule has 2 rings (SSSR count). The molecule has 0 unspecified atom stereocenters. The fourth-order valence-corrected chi connectivity index (χ4v) is 1.54. The van der Waals surface area contributed by atoms with Gasteiger partial charge in [-0.2, -0.15) is 26.3 Å². The van der Waals surface area contributed by atoms with E-state index in [-0.39, 0.29) is 6.54 Å². The zero-order valence-electron chi connectivity index (χ0n) is 9.63. The molecule has 0 saturated carbocycles. The van der Waals surface area contributed by atoms with Crippen LogP contribution in [0.25, 0.3) is 11.2 Å². The highest BCUT2D eigenvalue weighted by atomic mass is 19.4. The van der Waals surface area contributed by atoms with Gasteiger partial charge in [0.05, 0.1) is 6.33 Å². The number of nitrogens with zero attached hydrogens (tertiary/aromatic N) is 4. The minimum absolute atomic E-state index is 0.0257. The molecule has 0 aliphatic rings. The van der Waals surface area contributed by atoms with Gasteiger partial charge in [-0.25, -0.2) is 15.0 Å². The fourth-order valence-electron chi connectivity index (χ4n) is 1.54. The molecule has 4 nitrogen and oxygen atoms in total. The predicted molar refractivity (Wildman–Crippen MR) is 55.5 cm³/mol. The van der Waals surface area contributed by atoms with Gasteiger partial charge in [-0.05, 0) is 0 Å². The van der Waals surface area contributed by atoms with E-state index in [9.17, 15) is 26.3 Å². The van der Waals surface area contributed by atoms with Crippen molar-refractivity contribution in [3.05, 3.63) is 30.5 Å². The zero-order valence-corrected chi connectivity index (χ0v) is 9.63. The molecule has 0 aliphatic heterocycles. The molecule has 2 heterocycles. The first-order valence-corrected chi connectivity index (χ1v) is 5.12. The highest BCUT2D eigenvalue weighted by molar-refractivity contribution is 5.74. The molecule has 0 aliphatic carbocycles. The van der Waals surface area contributed by atoms with Gasteiger partial charge in [0.1, 0.15) is 5.52 Å². The fraction of sp³-hybridized carbons (Fsp3) is 0.300. The number of hydrogen-bond donors (Lipinski definition) is 0. The van der Waals surface area contributed by atoms with E-state index in [4.69, 9.17) is 0 Å². The van der Waals surface area contributed by atoms with E-state index in [1.54, 1.807) is 0 Å². The SMILES string of the molecule is C=CCn1cnc2c(C(F)(F)F)nc(C(F)(F)F)nc21. The molecule has 0 aromatic carbocycles. The van der Waals surface area contributed by atoms with Crippen molar-refractivity contribution in [3.63, 3.8) is 0 Å². The molecule has 20 heavy (non-hydrogen) atoms. The summed E-state index contributed by atoms with van der Waals surface area (Å²) in [5.74, 6) is -1.86. The van der Waals surface area contributed by atoms with Gasteiger partial charge >= 0.3 is 12.4 Å². The van der Waals surface area contributed by atoms with Crippen LogP contribution in [0.1, 0.15) is 11.5 Å². The highest BCUT2D eigenvalue weighted by Crippen LogP contribution is 2.35. The number of imidazole rings is 1. The topological polar surface area (TPSA) is 43.6 Å². The lowest BCUT2D eigenvalue weighted by Gasteiger charge is -2.10. The first-order chi connectivity index (χ1) is 9.14. The number of halogens is 6. The molecule has 0 N–H and O–H groups in total. The molecule has 0 atom stereocenters. The molecule has 0 spiro atoms. The van der Waals surface area contributed by atoms with Crippen molar-refractivity contribution in [2.45, 2.75) is 18.9 Å². The maximum Gasteiger partial charge on any atom is 0.451 e. The lowest BCUT2D eigenvalue weighted by atomic mass is 10.3. The number of aromatic nitrogens is 4. The third-order valence-corrected chi connectivity index (χ3v) is 2.31. The first kappa shape index (κ1) is 14.3. The average Bonchev–Trinajstić information content (AvgIpc) is 2.69. The zero-order chi connectivity index (χ0) is 15.1. The Kier molecular flexibility index (Phi) is 3.18. The summed E-state index contributed by atoms with van der Waals surface area (Å²) in [7, 11) is 0. The quantitative estimate of drug-likeness (QED) is 0.632. The molecular formula is C10H6F6N4. The lowest BCUT2D eigenvalue weighted by molar-refractivity contribution is -0.151. The average molecular weight is 296 g/mol. The minimum Gasteiger partial charge on any atom is -0.311 e. The van der Waals surface area contributed by atoms with Gasteiger partial charge in [0, 0.05) is 6.54 Å². The van der Waals surface area contributed by atoms with E-state index >= 15 is 0 Å². The van der Waals surface area contributed by atoms with Crippen LogP contribution in [-0.2, 0) is 18.9 Å². The normalized spacial score (nSPS) is 12.9. The Morgan fingerprint density at radius 1 is 1.10 bits per heavy atom.